The zero-order valence-electron chi connectivity index (χ0n) is 6.56. The fourth-order valence-corrected chi connectivity index (χ4v) is 1.69. The van der Waals surface area contributed by atoms with Crippen LogP contribution in [0.2, 0.25) is 0 Å². The van der Waals surface area contributed by atoms with E-state index in [-0.39, 0.29) is 0 Å². The topological polar surface area (TPSA) is 12.0 Å². The normalized spacial score (nSPS) is 32.0. The Labute approximate surface area is 63.2 Å². The molecule has 1 aliphatic rings. The molecule has 1 rings (SSSR count). The minimum atomic E-state index is 0.735. The first-order valence-corrected chi connectivity index (χ1v) is 3.97. The maximum Gasteiger partial charge on any atom is 0.0115 e. The molecule has 56 valence electrons. The standard InChI is InChI=1S/C9H15N/c1-3-4-8-5-6-9(7-8)10-2/h1,8-10H,4-7H2,2H3. The Morgan fingerprint density at radius 2 is 2.40 bits per heavy atom. The summed E-state index contributed by atoms with van der Waals surface area (Å²) in [5.74, 6) is 3.52. The smallest absolute Gasteiger partial charge is 0.0115 e. The predicted molar refractivity (Wildman–Crippen MR) is 43.6 cm³/mol. The van der Waals surface area contributed by atoms with E-state index in [1.54, 1.807) is 0 Å². The van der Waals surface area contributed by atoms with Crippen LogP contribution >= 0.6 is 0 Å². The summed E-state index contributed by atoms with van der Waals surface area (Å²) in [6, 6.07) is 0.735. The van der Waals surface area contributed by atoms with Crippen LogP contribution in [0.25, 0.3) is 0 Å². The second kappa shape index (κ2) is 3.63. The van der Waals surface area contributed by atoms with Gasteiger partial charge in [-0.05, 0) is 32.2 Å². The highest BCUT2D eigenvalue weighted by molar-refractivity contribution is 4.91. The summed E-state index contributed by atoms with van der Waals surface area (Å²) in [7, 11) is 2.03. The summed E-state index contributed by atoms with van der Waals surface area (Å²) in [6.07, 6.45) is 10.1. The van der Waals surface area contributed by atoms with Crippen LogP contribution < -0.4 is 5.32 Å². The molecular weight excluding hydrogens is 122 g/mol. The Morgan fingerprint density at radius 1 is 1.60 bits per heavy atom. The number of nitrogens with one attached hydrogen (secondary N) is 1. The number of hydrogen-bond acceptors (Lipinski definition) is 1. The molecule has 0 saturated heterocycles. The highest BCUT2D eigenvalue weighted by Crippen LogP contribution is 2.27. The van der Waals surface area contributed by atoms with Crippen molar-refractivity contribution in [3.63, 3.8) is 0 Å². The lowest BCUT2D eigenvalue weighted by molar-refractivity contribution is 0.522. The van der Waals surface area contributed by atoms with Gasteiger partial charge in [0.2, 0.25) is 0 Å². The Hall–Kier alpha value is -0.480. The lowest BCUT2D eigenvalue weighted by atomic mass is 10.0. The SMILES string of the molecule is C#CCC1CCC(NC)C1. The van der Waals surface area contributed by atoms with Crippen LogP contribution in [0.15, 0.2) is 0 Å². The van der Waals surface area contributed by atoms with E-state index >= 15 is 0 Å². The second-order valence-electron chi connectivity index (χ2n) is 3.07. The van der Waals surface area contributed by atoms with Crippen molar-refractivity contribution in [3.8, 4) is 12.3 Å². The molecule has 1 aliphatic carbocycles. The van der Waals surface area contributed by atoms with Crippen molar-refractivity contribution in [2.24, 2.45) is 5.92 Å². The third-order valence-electron chi connectivity index (χ3n) is 2.36. The Morgan fingerprint density at radius 3 is 2.90 bits per heavy atom. The lowest BCUT2D eigenvalue weighted by Crippen LogP contribution is -2.21. The molecule has 0 aromatic carbocycles. The molecule has 10 heavy (non-hydrogen) atoms. The Bertz CT molecular complexity index is 134. The molecule has 0 aliphatic heterocycles. The van der Waals surface area contributed by atoms with Crippen molar-refractivity contribution in [2.45, 2.75) is 31.7 Å². The zero-order chi connectivity index (χ0) is 7.40. The first-order chi connectivity index (χ1) is 4.86. The van der Waals surface area contributed by atoms with Gasteiger partial charge in [0.05, 0.1) is 0 Å². The van der Waals surface area contributed by atoms with Crippen molar-refractivity contribution in [2.75, 3.05) is 7.05 Å². The van der Waals surface area contributed by atoms with Gasteiger partial charge in [0.1, 0.15) is 0 Å². The van der Waals surface area contributed by atoms with E-state index in [0.29, 0.717) is 0 Å². The number of terminal acetylenes is 1. The van der Waals surface area contributed by atoms with E-state index in [9.17, 15) is 0 Å². The highest BCUT2D eigenvalue weighted by atomic mass is 14.9. The molecule has 0 aromatic heterocycles. The molecule has 0 amide bonds. The Balaban J connectivity index is 2.23. The van der Waals surface area contributed by atoms with Crippen LogP contribution in [0, 0.1) is 18.3 Å². The van der Waals surface area contributed by atoms with Gasteiger partial charge in [-0.25, -0.2) is 0 Å². The van der Waals surface area contributed by atoms with Crippen LogP contribution in [-0.2, 0) is 0 Å². The van der Waals surface area contributed by atoms with Crippen molar-refractivity contribution < 1.29 is 0 Å². The molecule has 0 spiro atoms. The monoisotopic (exact) mass is 137 g/mol. The molecule has 0 bridgehead atoms. The largest absolute Gasteiger partial charge is 0.317 e. The molecule has 1 heteroatoms. The third-order valence-corrected chi connectivity index (χ3v) is 2.36. The maximum atomic E-state index is 5.22. The predicted octanol–water partition coefficient (Wildman–Crippen LogP) is 1.40. The van der Waals surface area contributed by atoms with E-state index in [1.807, 2.05) is 7.05 Å². The van der Waals surface area contributed by atoms with Crippen molar-refractivity contribution in [1.29, 1.82) is 0 Å². The molecule has 0 aromatic rings. The van der Waals surface area contributed by atoms with E-state index in [2.05, 4.69) is 11.2 Å². The average Bonchev–Trinajstić information content (AvgIpc) is 2.37. The average molecular weight is 137 g/mol. The fourth-order valence-electron chi connectivity index (χ4n) is 1.69. The van der Waals surface area contributed by atoms with Gasteiger partial charge < -0.3 is 5.32 Å². The van der Waals surface area contributed by atoms with Gasteiger partial charge in [-0.15, -0.1) is 12.3 Å². The highest BCUT2D eigenvalue weighted by Gasteiger charge is 2.21. The van der Waals surface area contributed by atoms with Gasteiger partial charge in [-0.1, -0.05) is 0 Å². The number of hydrogen-bond donors (Lipinski definition) is 1. The van der Waals surface area contributed by atoms with Gasteiger partial charge in [0.15, 0.2) is 0 Å². The molecule has 2 unspecified atom stereocenters. The molecule has 1 N–H and O–H groups in total. The van der Waals surface area contributed by atoms with Crippen molar-refractivity contribution in [3.05, 3.63) is 0 Å². The summed E-state index contributed by atoms with van der Waals surface area (Å²) < 4.78 is 0. The van der Waals surface area contributed by atoms with Crippen LogP contribution in [0.4, 0.5) is 0 Å². The van der Waals surface area contributed by atoms with Gasteiger partial charge in [-0.3, -0.25) is 0 Å². The molecule has 0 radical (unpaired) electrons. The van der Waals surface area contributed by atoms with Crippen molar-refractivity contribution in [1.82, 2.24) is 5.32 Å². The zero-order valence-corrected chi connectivity index (χ0v) is 6.56. The van der Waals surface area contributed by atoms with Crippen molar-refractivity contribution >= 4 is 0 Å². The van der Waals surface area contributed by atoms with E-state index in [1.165, 1.54) is 19.3 Å². The lowest BCUT2D eigenvalue weighted by Gasteiger charge is -2.06. The van der Waals surface area contributed by atoms with E-state index in [4.69, 9.17) is 6.42 Å². The van der Waals surface area contributed by atoms with Crippen LogP contribution in [0.5, 0.6) is 0 Å². The summed E-state index contributed by atoms with van der Waals surface area (Å²) >= 11 is 0. The summed E-state index contributed by atoms with van der Waals surface area (Å²) in [4.78, 5) is 0. The first-order valence-electron chi connectivity index (χ1n) is 3.97. The molecule has 2 atom stereocenters. The van der Waals surface area contributed by atoms with Gasteiger partial charge >= 0.3 is 0 Å². The van der Waals surface area contributed by atoms with Crippen LogP contribution in [0.3, 0.4) is 0 Å². The van der Waals surface area contributed by atoms with Gasteiger partial charge in [0.25, 0.3) is 0 Å². The van der Waals surface area contributed by atoms with E-state index < -0.39 is 0 Å². The van der Waals surface area contributed by atoms with Gasteiger partial charge in [0, 0.05) is 12.5 Å². The fraction of sp³-hybridized carbons (Fsp3) is 0.778. The summed E-state index contributed by atoms with van der Waals surface area (Å²) in [5, 5.41) is 3.28. The first kappa shape index (κ1) is 7.63. The third kappa shape index (κ3) is 1.75. The molecule has 1 nitrogen and oxygen atoms in total. The molecule has 0 heterocycles. The number of rotatable bonds is 2. The van der Waals surface area contributed by atoms with Gasteiger partial charge in [-0.2, -0.15) is 0 Å². The quantitative estimate of drug-likeness (QED) is 0.567. The molecule has 1 fully saturated rings. The minimum Gasteiger partial charge on any atom is -0.317 e. The minimum absolute atomic E-state index is 0.735. The maximum absolute atomic E-state index is 5.22. The summed E-state index contributed by atoms with van der Waals surface area (Å²) in [5.41, 5.74) is 0. The van der Waals surface area contributed by atoms with Crippen LogP contribution in [-0.4, -0.2) is 13.1 Å². The Kier molecular flexibility index (Phi) is 2.77. The summed E-state index contributed by atoms with van der Waals surface area (Å²) in [6.45, 7) is 0. The molecular formula is C9H15N. The van der Waals surface area contributed by atoms with E-state index in [0.717, 1.165) is 18.4 Å². The second-order valence-corrected chi connectivity index (χ2v) is 3.07. The molecule has 1 saturated carbocycles. The van der Waals surface area contributed by atoms with Crippen LogP contribution in [0.1, 0.15) is 25.7 Å².